The molecule has 1 aromatic heterocycles. The minimum Gasteiger partial charge on any atom is -0.361 e. The number of carbonyl (C=O) groups is 1. The van der Waals surface area contributed by atoms with E-state index in [1.807, 2.05) is 12.1 Å². The van der Waals surface area contributed by atoms with Crippen molar-refractivity contribution in [2.45, 2.75) is 11.8 Å². The molecule has 0 aliphatic heterocycles. The monoisotopic (exact) mass is 487 g/mol. The molecule has 0 saturated carbocycles. The first kappa shape index (κ1) is 22.2. The third kappa shape index (κ3) is 4.07. The molecule has 9 heteroatoms. The van der Waals surface area contributed by atoms with Crippen molar-refractivity contribution in [3.05, 3.63) is 88.5 Å². The predicted molar refractivity (Wildman–Crippen MR) is 129 cm³/mol. The Labute approximate surface area is 195 Å². The average Bonchev–Trinajstić information content (AvgIpc) is 3.24. The van der Waals surface area contributed by atoms with E-state index in [1.54, 1.807) is 55.6 Å². The molecule has 164 valence electrons. The van der Waals surface area contributed by atoms with Gasteiger partial charge in [-0.3, -0.25) is 9.10 Å². The van der Waals surface area contributed by atoms with E-state index in [4.69, 9.17) is 23.2 Å². The summed E-state index contributed by atoms with van der Waals surface area (Å²) >= 11 is 12.6. The lowest BCUT2D eigenvalue weighted by Gasteiger charge is -2.24. The summed E-state index contributed by atoms with van der Waals surface area (Å²) in [6.45, 7) is 1.90. The number of sulfonamides is 1. The van der Waals surface area contributed by atoms with Crippen LogP contribution in [-0.2, 0) is 10.0 Å². The van der Waals surface area contributed by atoms with Gasteiger partial charge in [-0.05, 0) is 49.4 Å². The van der Waals surface area contributed by atoms with Crippen LogP contribution in [0, 0.1) is 0 Å². The molecule has 0 aliphatic carbocycles. The highest BCUT2D eigenvalue weighted by molar-refractivity contribution is 7.93. The fourth-order valence-electron chi connectivity index (χ4n) is 3.49. The van der Waals surface area contributed by atoms with Crippen LogP contribution < -0.4 is 9.62 Å². The first-order valence-electron chi connectivity index (χ1n) is 9.77. The number of aromatic amines is 1. The van der Waals surface area contributed by atoms with Crippen molar-refractivity contribution in [1.82, 2.24) is 4.98 Å². The van der Waals surface area contributed by atoms with Crippen LogP contribution in [-0.4, -0.2) is 25.9 Å². The molecular formula is C23H19Cl2N3O3S. The highest BCUT2D eigenvalue weighted by Crippen LogP contribution is 2.33. The molecule has 1 heterocycles. The molecule has 0 saturated heterocycles. The molecular weight excluding hydrogens is 469 g/mol. The molecule has 4 rings (SSSR count). The summed E-state index contributed by atoms with van der Waals surface area (Å²) in [7, 11) is -4.05. The van der Waals surface area contributed by atoms with Crippen LogP contribution >= 0.6 is 23.2 Å². The predicted octanol–water partition coefficient (Wildman–Crippen LogP) is 5.94. The third-order valence-electron chi connectivity index (χ3n) is 5.01. The van der Waals surface area contributed by atoms with E-state index >= 15 is 0 Å². The number of nitrogens with zero attached hydrogens (tertiary/aromatic N) is 1. The zero-order valence-corrected chi connectivity index (χ0v) is 19.3. The number of rotatable bonds is 6. The van der Waals surface area contributed by atoms with E-state index in [-0.39, 0.29) is 27.0 Å². The lowest BCUT2D eigenvalue weighted by Crippen LogP contribution is -2.31. The Hall–Kier alpha value is -3.00. The van der Waals surface area contributed by atoms with Gasteiger partial charge < -0.3 is 10.3 Å². The minimum atomic E-state index is -4.05. The van der Waals surface area contributed by atoms with Crippen LogP contribution in [0.1, 0.15) is 17.3 Å². The zero-order chi connectivity index (χ0) is 22.9. The normalized spacial score (nSPS) is 11.5. The Morgan fingerprint density at radius 2 is 1.75 bits per heavy atom. The van der Waals surface area contributed by atoms with Gasteiger partial charge in [-0.1, -0.05) is 47.5 Å². The Balaban J connectivity index is 1.74. The first-order valence-corrected chi connectivity index (χ1v) is 12.0. The lowest BCUT2D eigenvalue weighted by atomic mass is 10.1. The number of para-hydroxylation sites is 1. The molecule has 0 atom stereocenters. The topological polar surface area (TPSA) is 82.3 Å². The Bertz CT molecular complexity index is 1400. The number of anilines is 2. The van der Waals surface area contributed by atoms with Gasteiger partial charge in [0.15, 0.2) is 0 Å². The van der Waals surface area contributed by atoms with Crippen LogP contribution in [0.15, 0.2) is 77.8 Å². The maximum Gasteiger partial charge on any atom is 0.265 e. The fourth-order valence-corrected chi connectivity index (χ4v) is 5.80. The quantitative estimate of drug-likeness (QED) is 0.352. The van der Waals surface area contributed by atoms with Gasteiger partial charge in [-0.15, -0.1) is 0 Å². The van der Waals surface area contributed by atoms with Crippen molar-refractivity contribution in [2.75, 3.05) is 16.2 Å². The average molecular weight is 488 g/mol. The number of amides is 1. The second-order valence-corrected chi connectivity index (χ2v) is 9.61. The van der Waals surface area contributed by atoms with E-state index in [0.717, 1.165) is 10.9 Å². The van der Waals surface area contributed by atoms with Crippen LogP contribution in [0.4, 0.5) is 11.4 Å². The molecule has 0 radical (unpaired) electrons. The summed E-state index contributed by atoms with van der Waals surface area (Å²) in [5.41, 5.74) is 1.93. The van der Waals surface area contributed by atoms with Crippen LogP contribution in [0.2, 0.25) is 10.0 Å². The summed E-state index contributed by atoms with van der Waals surface area (Å²) in [4.78, 5) is 15.9. The second kappa shape index (κ2) is 8.86. The van der Waals surface area contributed by atoms with Crippen molar-refractivity contribution in [2.24, 2.45) is 0 Å². The molecule has 0 aliphatic rings. The van der Waals surface area contributed by atoms with Gasteiger partial charge in [-0.25, -0.2) is 8.42 Å². The van der Waals surface area contributed by atoms with E-state index in [0.29, 0.717) is 11.4 Å². The van der Waals surface area contributed by atoms with E-state index in [1.165, 1.54) is 16.4 Å². The molecule has 4 aromatic rings. The van der Waals surface area contributed by atoms with Crippen molar-refractivity contribution >= 4 is 61.4 Å². The van der Waals surface area contributed by atoms with Gasteiger partial charge in [0.05, 0.1) is 27.0 Å². The van der Waals surface area contributed by atoms with Crippen LogP contribution in [0.3, 0.4) is 0 Å². The molecule has 1 amide bonds. The number of nitrogens with one attached hydrogen (secondary N) is 2. The van der Waals surface area contributed by atoms with Gasteiger partial charge >= 0.3 is 0 Å². The van der Waals surface area contributed by atoms with Crippen molar-refractivity contribution in [1.29, 1.82) is 0 Å². The maximum atomic E-state index is 13.4. The molecule has 0 spiro atoms. The van der Waals surface area contributed by atoms with Gasteiger partial charge in [0, 0.05) is 23.6 Å². The number of H-pyrrole nitrogens is 1. The standard InChI is InChI=1S/C23H19Cl2N3O3S/c1-2-28(15-7-4-3-5-8-15)32(30,31)22-13-17(18(24)14-19(22)25)23(29)27-21-10-6-9-20-16(21)11-12-26-20/h3-14,26H,2H2,1H3,(H,27,29). The molecule has 0 bridgehead atoms. The fraction of sp³-hybridized carbons (Fsp3) is 0.0870. The molecule has 3 aromatic carbocycles. The molecule has 6 nitrogen and oxygen atoms in total. The summed E-state index contributed by atoms with van der Waals surface area (Å²) in [5, 5.41) is 3.62. The molecule has 0 unspecified atom stereocenters. The number of carbonyl (C=O) groups excluding carboxylic acids is 1. The van der Waals surface area contributed by atoms with Crippen LogP contribution in [0.5, 0.6) is 0 Å². The van der Waals surface area contributed by atoms with Gasteiger partial charge in [0.25, 0.3) is 15.9 Å². The SMILES string of the molecule is CCN(c1ccccc1)S(=O)(=O)c1cc(C(=O)Nc2cccc3[nH]ccc23)c(Cl)cc1Cl. The number of fused-ring (bicyclic) bond motifs is 1. The summed E-state index contributed by atoms with van der Waals surface area (Å²) in [6.07, 6.45) is 1.77. The molecule has 0 fully saturated rings. The maximum absolute atomic E-state index is 13.4. The summed E-state index contributed by atoms with van der Waals surface area (Å²) in [6, 6.07) is 18.4. The van der Waals surface area contributed by atoms with Crippen molar-refractivity contribution in [3.8, 4) is 0 Å². The summed E-state index contributed by atoms with van der Waals surface area (Å²) in [5.74, 6) is -0.542. The number of benzene rings is 3. The molecule has 2 N–H and O–H groups in total. The Morgan fingerprint density at radius 3 is 2.47 bits per heavy atom. The Kier molecular flexibility index (Phi) is 6.15. The van der Waals surface area contributed by atoms with Gasteiger partial charge in [0.1, 0.15) is 4.90 Å². The van der Waals surface area contributed by atoms with Gasteiger partial charge in [-0.2, -0.15) is 0 Å². The van der Waals surface area contributed by atoms with Gasteiger partial charge in [0.2, 0.25) is 0 Å². The van der Waals surface area contributed by atoms with Crippen molar-refractivity contribution in [3.63, 3.8) is 0 Å². The minimum absolute atomic E-state index is 0.00583. The number of hydrogen-bond acceptors (Lipinski definition) is 3. The van der Waals surface area contributed by atoms with Crippen LogP contribution in [0.25, 0.3) is 10.9 Å². The molecule has 32 heavy (non-hydrogen) atoms. The number of hydrogen-bond donors (Lipinski definition) is 2. The number of halogens is 2. The lowest BCUT2D eigenvalue weighted by molar-refractivity contribution is 0.102. The Morgan fingerprint density at radius 1 is 1.00 bits per heavy atom. The highest BCUT2D eigenvalue weighted by Gasteiger charge is 2.28. The zero-order valence-electron chi connectivity index (χ0n) is 17.0. The third-order valence-corrected chi connectivity index (χ3v) is 7.69. The first-order chi connectivity index (χ1) is 15.3. The summed E-state index contributed by atoms with van der Waals surface area (Å²) < 4.78 is 28.1. The largest absolute Gasteiger partial charge is 0.361 e. The number of aromatic nitrogens is 1. The van der Waals surface area contributed by atoms with Crippen molar-refractivity contribution < 1.29 is 13.2 Å². The second-order valence-electron chi connectivity index (χ2n) is 6.97. The van der Waals surface area contributed by atoms with E-state index < -0.39 is 15.9 Å². The van der Waals surface area contributed by atoms with E-state index in [9.17, 15) is 13.2 Å². The smallest absolute Gasteiger partial charge is 0.265 e. The van der Waals surface area contributed by atoms with E-state index in [2.05, 4.69) is 10.3 Å². The highest BCUT2D eigenvalue weighted by atomic mass is 35.5.